The Morgan fingerprint density at radius 3 is 2.15 bits per heavy atom. The molecule has 0 N–H and O–H groups in total. The van der Waals surface area contributed by atoms with Crippen LogP contribution in [0.2, 0.25) is 0 Å². The van der Waals surface area contributed by atoms with Gasteiger partial charge >= 0.3 is 0 Å². The quantitative estimate of drug-likeness (QED) is 0.660. The lowest BCUT2D eigenvalue weighted by Crippen LogP contribution is -2.04. The lowest BCUT2D eigenvalue weighted by Gasteiger charge is -2.18. The second-order valence-electron chi connectivity index (χ2n) is 3.73. The van der Waals surface area contributed by atoms with Crippen molar-refractivity contribution in [3.8, 4) is 0 Å². The molecule has 0 aliphatic carbocycles. The fraction of sp³-hybridized carbons (Fsp3) is 0.500. The molecule has 0 aromatic heterocycles. The second kappa shape index (κ2) is 4.40. The third kappa shape index (κ3) is 2.55. The average Bonchev–Trinajstić information content (AvgIpc) is 2.17. The molecule has 1 rings (SSSR count). The molecule has 0 aliphatic heterocycles. The molecule has 72 valence electrons. The molecule has 0 heterocycles. The van der Waals surface area contributed by atoms with E-state index in [9.17, 15) is 4.39 Å². The molecule has 0 saturated heterocycles. The first kappa shape index (κ1) is 10.2. The minimum Gasteiger partial charge on any atom is -0.207 e. The van der Waals surface area contributed by atoms with E-state index in [1.807, 2.05) is 12.1 Å². The van der Waals surface area contributed by atoms with Gasteiger partial charge in [-0.15, -0.1) is 0 Å². The van der Waals surface area contributed by atoms with Crippen molar-refractivity contribution < 1.29 is 4.39 Å². The zero-order valence-electron chi connectivity index (χ0n) is 8.55. The van der Waals surface area contributed by atoms with Crippen LogP contribution in [0.4, 0.5) is 4.39 Å². The normalized spacial score (nSPS) is 15.4. The molecule has 0 radical (unpaired) electrons. The van der Waals surface area contributed by atoms with E-state index in [-0.39, 0.29) is 5.82 Å². The summed E-state index contributed by atoms with van der Waals surface area (Å²) in [6, 6.07) is 6.83. The predicted octanol–water partition coefficient (Wildman–Crippen LogP) is 3.98. The monoisotopic (exact) mass is 180 g/mol. The van der Waals surface area contributed by atoms with E-state index < -0.39 is 0 Å². The lowest BCUT2D eigenvalue weighted by atomic mass is 9.87. The van der Waals surface area contributed by atoms with Crippen molar-refractivity contribution in [1.82, 2.24) is 0 Å². The minimum absolute atomic E-state index is 0.153. The maximum atomic E-state index is 12.6. The molecule has 0 bridgehead atoms. The van der Waals surface area contributed by atoms with Crippen LogP contribution in [0.1, 0.15) is 38.7 Å². The number of halogens is 1. The van der Waals surface area contributed by atoms with Crippen molar-refractivity contribution in [2.45, 2.75) is 33.1 Å². The average molecular weight is 180 g/mol. The molecule has 0 saturated carbocycles. The van der Waals surface area contributed by atoms with Gasteiger partial charge < -0.3 is 0 Å². The van der Waals surface area contributed by atoms with Crippen LogP contribution in [0.25, 0.3) is 0 Å². The van der Waals surface area contributed by atoms with Gasteiger partial charge in [-0.25, -0.2) is 4.39 Å². The zero-order chi connectivity index (χ0) is 9.84. The maximum absolute atomic E-state index is 12.6. The first-order valence-electron chi connectivity index (χ1n) is 4.90. The van der Waals surface area contributed by atoms with Gasteiger partial charge in [0.05, 0.1) is 0 Å². The second-order valence-corrected chi connectivity index (χ2v) is 3.73. The summed E-state index contributed by atoms with van der Waals surface area (Å²) in [6.45, 7) is 6.61. The number of hydrogen-bond acceptors (Lipinski definition) is 0. The Morgan fingerprint density at radius 1 is 1.15 bits per heavy atom. The van der Waals surface area contributed by atoms with Gasteiger partial charge in [0.25, 0.3) is 0 Å². The van der Waals surface area contributed by atoms with Gasteiger partial charge in [0.2, 0.25) is 0 Å². The third-order valence-corrected chi connectivity index (χ3v) is 2.89. The fourth-order valence-electron chi connectivity index (χ4n) is 1.45. The van der Waals surface area contributed by atoms with Gasteiger partial charge in [-0.05, 0) is 29.5 Å². The fourth-order valence-corrected chi connectivity index (χ4v) is 1.45. The number of benzene rings is 1. The predicted molar refractivity (Wildman–Crippen MR) is 54.3 cm³/mol. The van der Waals surface area contributed by atoms with Crippen LogP contribution in [0.5, 0.6) is 0 Å². The molecule has 1 heteroatoms. The van der Waals surface area contributed by atoms with E-state index in [1.54, 1.807) is 0 Å². The lowest BCUT2D eigenvalue weighted by molar-refractivity contribution is 0.472. The van der Waals surface area contributed by atoms with Gasteiger partial charge in [-0.3, -0.25) is 0 Å². The molecule has 0 nitrogen and oxygen atoms in total. The standard InChI is InChI=1S/C12H17F/c1-4-9(2)10(3)11-5-7-12(13)8-6-11/h5-10H,4H2,1-3H3/t9?,10-/m0/s1. The SMILES string of the molecule is CCC(C)[C@H](C)c1ccc(F)cc1. The Balaban J connectivity index is 2.77. The molecule has 13 heavy (non-hydrogen) atoms. The van der Waals surface area contributed by atoms with Crippen molar-refractivity contribution in [3.63, 3.8) is 0 Å². The van der Waals surface area contributed by atoms with Crippen LogP contribution in [0.15, 0.2) is 24.3 Å². The van der Waals surface area contributed by atoms with E-state index in [0.717, 1.165) is 0 Å². The molecule has 0 spiro atoms. The van der Waals surface area contributed by atoms with Crippen molar-refractivity contribution in [3.05, 3.63) is 35.6 Å². The van der Waals surface area contributed by atoms with Crippen LogP contribution in [0.3, 0.4) is 0 Å². The maximum Gasteiger partial charge on any atom is 0.123 e. The molecule has 0 amide bonds. The summed E-state index contributed by atoms with van der Waals surface area (Å²) < 4.78 is 12.6. The summed E-state index contributed by atoms with van der Waals surface area (Å²) in [6.07, 6.45) is 1.17. The Kier molecular flexibility index (Phi) is 3.47. The number of rotatable bonds is 3. The zero-order valence-corrected chi connectivity index (χ0v) is 8.55. The topological polar surface area (TPSA) is 0 Å². The Labute approximate surface area is 79.8 Å². The molecule has 1 aromatic carbocycles. The van der Waals surface area contributed by atoms with Crippen LogP contribution in [-0.4, -0.2) is 0 Å². The van der Waals surface area contributed by atoms with Gasteiger partial charge in [0.1, 0.15) is 5.82 Å². The Hall–Kier alpha value is -0.850. The summed E-state index contributed by atoms with van der Waals surface area (Å²) in [5.74, 6) is 1.02. The Morgan fingerprint density at radius 2 is 1.69 bits per heavy atom. The van der Waals surface area contributed by atoms with E-state index in [1.165, 1.54) is 24.1 Å². The molecular weight excluding hydrogens is 163 g/mol. The highest BCUT2D eigenvalue weighted by Crippen LogP contribution is 2.25. The molecule has 2 atom stereocenters. The van der Waals surface area contributed by atoms with E-state index in [4.69, 9.17) is 0 Å². The largest absolute Gasteiger partial charge is 0.207 e. The van der Waals surface area contributed by atoms with E-state index in [2.05, 4.69) is 20.8 Å². The smallest absolute Gasteiger partial charge is 0.123 e. The minimum atomic E-state index is -0.153. The van der Waals surface area contributed by atoms with Crippen molar-refractivity contribution in [2.75, 3.05) is 0 Å². The number of hydrogen-bond donors (Lipinski definition) is 0. The highest BCUT2D eigenvalue weighted by molar-refractivity contribution is 5.20. The Bertz CT molecular complexity index is 250. The van der Waals surface area contributed by atoms with Crippen molar-refractivity contribution in [1.29, 1.82) is 0 Å². The molecule has 0 fully saturated rings. The van der Waals surface area contributed by atoms with Gasteiger partial charge in [-0.1, -0.05) is 39.3 Å². The summed E-state index contributed by atoms with van der Waals surface area (Å²) >= 11 is 0. The summed E-state index contributed by atoms with van der Waals surface area (Å²) in [7, 11) is 0. The van der Waals surface area contributed by atoms with Gasteiger partial charge in [0, 0.05) is 0 Å². The van der Waals surface area contributed by atoms with Crippen LogP contribution >= 0.6 is 0 Å². The van der Waals surface area contributed by atoms with Crippen molar-refractivity contribution in [2.24, 2.45) is 5.92 Å². The van der Waals surface area contributed by atoms with Crippen molar-refractivity contribution >= 4 is 0 Å². The van der Waals surface area contributed by atoms with E-state index in [0.29, 0.717) is 11.8 Å². The summed E-state index contributed by atoms with van der Waals surface area (Å²) in [5, 5.41) is 0. The van der Waals surface area contributed by atoms with Crippen LogP contribution < -0.4 is 0 Å². The molecule has 0 aliphatic rings. The highest BCUT2D eigenvalue weighted by atomic mass is 19.1. The van der Waals surface area contributed by atoms with Crippen LogP contribution in [0, 0.1) is 11.7 Å². The van der Waals surface area contributed by atoms with Gasteiger partial charge in [-0.2, -0.15) is 0 Å². The van der Waals surface area contributed by atoms with Crippen LogP contribution in [-0.2, 0) is 0 Å². The molecular formula is C12H17F. The van der Waals surface area contributed by atoms with E-state index >= 15 is 0 Å². The summed E-state index contributed by atoms with van der Waals surface area (Å²) in [5.41, 5.74) is 1.23. The first-order chi connectivity index (χ1) is 6.15. The third-order valence-electron chi connectivity index (χ3n) is 2.89. The highest BCUT2D eigenvalue weighted by Gasteiger charge is 2.11. The van der Waals surface area contributed by atoms with Gasteiger partial charge in [0.15, 0.2) is 0 Å². The molecule has 1 aromatic rings. The molecule has 1 unspecified atom stereocenters. The first-order valence-corrected chi connectivity index (χ1v) is 4.90. The summed E-state index contributed by atoms with van der Waals surface area (Å²) in [4.78, 5) is 0.